The Morgan fingerprint density at radius 1 is 0.774 bits per heavy atom. The van der Waals surface area contributed by atoms with Crippen LogP contribution in [0.1, 0.15) is 32.6 Å². The SMILES string of the molecule is O=C1c2cccc3cccc(c23)[C@]12C(c1ccccc1)=C[C@@H]1Cc3ccccc3CN12. The van der Waals surface area contributed by atoms with Crippen LogP contribution in [0, 0.1) is 0 Å². The van der Waals surface area contributed by atoms with E-state index >= 15 is 0 Å². The summed E-state index contributed by atoms with van der Waals surface area (Å²) in [6.45, 7) is 0.782. The number of rotatable bonds is 1. The van der Waals surface area contributed by atoms with Gasteiger partial charge in [0.05, 0.1) is 0 Å². The number of hydrogen-bond acceptors (Lipinski definition) is 2. The van der Waals surface area contributed by atoms with Crippen molar-refractivity contribution >= 4 is 22.1 Å². The minimum Gasteiger partial charge on any atom is -0.291 e. The first kappa shape index (κ1) is 17.2. The van der Waals surface area contributed by atoms with Gasteiger partial charge in [0, 0.05) is 18.2 Å². The highest BCUT2D eigenvalue weighted by Crippen LogP contribution is 2.57. The molecule has 4 aromatic carbocycles. The molecule has 0 fully saturated rings. The molecule has 2 aliphatic heterocycles. The summed E-state index contributed by atoms with van der Waals surface area (Å²) in [6.07, 6.45) is 3.31. The van der Waals surface area contributed by atoms with Gasteiger partial charge < -0.3 is 0 Å². The second-order valence-electron chi connectivity index (χ2n) is 8.86. The lowest BCUT2D eigenvalue weighted by Gasteiger charge is -2.43. The third-order valence-corrected chi connectivity index (χ3v) is 7.42. The van der Waals surface area contributed by atoms with E-state index in [9.17, 15) is 4.79 Å². The maximum atomic E-state index is 14.4. The van der Waals surface area contributed by atoms with Crippen molar-refractivity contribution in [1.82, 2.24) is 4.90 Å². The number of fused-ring (bicyclic) bond motifs is 4. The summed E-state index contributed by atoms with van der Waals surface area (Å²) in [5, 5.41) is 2.27. The van der Waals surface area contributed by atoms with Crippen molar-refractivity contribution in [3.8, 4) is 0 Å². The molecular formula is C29H21NO. The highest BCUT2D eigenvalue weighted by Gasteiger charge is 2.59. The Morgan fingerprint density at radius 3 is 2.35 bits per heavy atom. The molecule has 2 heterocycles. The van der Waals surface area contributed by atoms with Crippen LogP contribution in [-0.4, -0.2) is 16.7 Å². The summed E-state index contributed by atoms with van der Waals surface area (Å²) < 4.78 is 0. The lowest BCUT2D eigenvalue weighted by atomic mass is 9.79. The Balaban J connectivity index is 1.55. The van der Waals surface area contributed by atoms with E-state index in [2.05, 4.69) is 83.8 Å². The minimum atomic E-state index is -0.761. The van der Waals surface area contributed by atoms with Gasteiger partial charge in [-0.1, -0.05) is 97.1 Å². The molecule has 2 nitrogen and oxygen atoms in total. The summed E-state index contributed by atoms with van der Waals surface area (Å²) in [5.74, 6) is 0.219. The first-order valence-corrected chi connectivity index (χ1v) is 11.0. The zero-order valence-electron chi connectivity index (χ0n) is 17.1. The van der Waals surface area contributed by atoms with Crippen molar-refractivity contribution in [3.05, 3.63) is 125 Å². The fourth-order valence-corrected chi connectivity index (χ4v) is 6.16. The second kappa shape index (κ2) is 6.03. The normalized spacial score (nSPS) is 23.8. The number of hydrogen-bond donors (Lipinski definition) is 0. The largest absolute Gasteiger partial charge is 0.291 e. The van der Waals surface area contributed by atoms with Crippen molar-refractivity contribution in [2.45, 2.75) is 24.5 Å². The molecule has 2 heteroatoms. The highest BCUT2D eigenvalue weighted by atomic mass is 16.1. The zero-order valence-corrected chi connectivity index (χ0v) is 17.1. The van der Waals surface area contributed by atoms with Gasteiger partial charge in [-0.2, -0.15) is 0 Å². The van der Waals surface area contributed by atoms with Crippen molar-refractivity contribution in [2.75, 3.05) is 0 Å². The first-order chi connectivity index (χ1) is 15.3. The molecule has 1 spiro atoms. The Kier molecular flexibility index (Phi) is 3.35. The van der Waals surface area contributed by atoms with E-state index in [-0.39, 0.29) is 11.8 Å². The van der Waals surface area contributed by atoms with Gasteiger partial charge in [0.1, 0.15) is 5.54 Å². The summed E-state index contributed by atoms with van der Waals surface area (Å²) in [5.41, 5.74) is 6.24. The Morgan fingerprint density at radius 2 is 1.52 bits per heavy atom. The first-order valence-electron chi connectivity index (χ1n) is 11.0. The quantitative estimate of drug-likeness (QED) is 0.406. The number of nitrogens with zero attached hydrogens (tertiary/aromatic N) is 1. The van der Waals surface area contributed by atoms with E-state index in [1.807, 2.05) is 18.2 Å². The van der Waals surface area contributed by atoms with Crippen LogP contribution in [0.2, 0.25) is 0 Å². The molecule has 0 saturated carbocycles. The summed E-state index contributed by atoms with van der Waals surface area (Å²) in [7, 11) is 0. The average Bonchev–Trinajstić information content (AvgIpc) is 3.29. The number of carbonyl (C=O) groups is 1. The van der Waals surface area contributed by atoms with Gasteiger partial charge in [-0.25, -0.2) is 0 Å². The van der Waals surface area contributed by atoms with Crippen LogP contribution in [0.25, 0.3) is 16.3 Å². The van der Waals surface area contributed by atoms with Crippen LogP contribution in [0.4, 0.5) is 0 Å². The molecule has 3 aliphatic rings. The monoisotopic (exact) mass is 399 g/mol. The maximum Gasteiger partial charge on any atom is 0.192 e. The number of benzene rings is 4. The van der Waals surface area contributed by atoms with Crippen LogP contribution in [0.5, 0.6) is 0 Å². The number of ketones is 1. The van der Waals surface area contributed by atoms with Gasteiger partial charge in [-0.3, -0.25) is 9.69 Å². The average molecular weight is 399 g/mol. The lowest BCUT2D eigenvalue weighted by molar-refractivity contribution is 0.0634. The molecular weight excluding hydrogens is 378 g/mol. The van der Waals surface area contributed by atoms with Crippen LogP contribution in [0.3, 0.4) is 0 Å². The van der Waals surface area contributed by atoms with E-state index < -0.39 is 5.54 Å². The summed E-state index contributed by atoms with van der Waals surface area (Å²) in [6, 6.07) is 31.9. The molecule has 1 aliphatic carbocycles. The molecule has 0 bridgehead atoms. The van der Waals surface area contributed by atoms with E-state index in [4.69, 9.17) is 0 Å². The van der Waals surface area contributed by atoms with Crippen LogP contribution >= 0.6 is 0 Å². The Labute approximate surface area is 181 Å². The van der Waals surface area contributed by atoms with E-state index in [0.717, 1.165) is 46.0 Å². The van der Waals surface area contributed by atoms with Crippen molar-refractivity contribution < 1.29 is 4.79 Å². The van der Waals surface area contributed by atoms with Crippen molar-refractivity contribution in [1.29, 1.82) is 0 Å². The molecule has 7 rings (SSSR count). The molecule has 148 valence electrons. The van der Waals surface area contributed by atoms with Crippen LogP contribution in [0.15, 0.2) is 97.1 Å². The molecule has 4 aromatic rings. The molecule has 0 N–H and O–H groups in total. The van der Waals surface area contributed by atoms with Crippen molar-refractivity contribution in [3.63, 3.8) is 0 Å². The molecule has 0 radical (unpaired) electrons. The third-order valence-electron chi connectivity index (χ3n) is 7.42. The van der Waals surface area contributed by atoms with Gasteiger partial charge in [0.25, 0.3) is 0 Å². The van der Waals surface area contributed by atoms with Gasteiger partial charge in [0.2, 0.25) is 0 Å². The smallest absolute Gasteiger partial charge is 0.192 e. The second-order valence-corrected chi connectivity index (χ2v) is 8.86. The molecule has 0 unspecified atom stereocenters. The maximum absolute atomic E-state index is 14.4. The minimum absolute atomic E-state index is 0.207. The number of Topliss-reactive ketones (excluding diaryl/α,β-unsaturated/α-hetero) is 1. The van der Waals surface area contributed by atoms with E-state index in [0.29, 0.717) is 0 Å². The topological polar surface area (TPSA) is 20.3 Å². The number of carbonyl (C=O) groups excluding carboxylic acids is 1. The van der Waals surface area contributed by atoms with Gasteiger partial charge in [-0.05, 0) is 45.0 Å². The molecule has 2 atom stereocenters. The zero-order chi connectivity index (χ0) is 20.6. The lowest BCUT2D eigenvalue weighted by Crippen LogP contribution is -2.52. The van der Waals surface area contributed by atoms with Crippen LogP contribution in [-0.2, 0) is 18.5 Å². The Hall–Kier alpha value is -3.49. The molecule has 0 aromatic heterocycles. The van der Waals surface area contributed by atoms with Crippen LogP contribution < -0.4 is 0 Å². The predicted octanol–water partition coefficient (Wildman–Crippen LogP) is 5.76. The predicted molar refractivity (Wildman–Crippen MR) is 124 cm³/mol. The fraction of sp³-hybridized carbons (Fsp3) is 0.138. The van der Waals surface area contributed by atoms with E-state index in [1.165, 1.54) is 11.1 Å². The standard InChI is InChI=1S/C29H21NO/c31-28-24-14-6-12-20-13-7-15-25(27(20)24)29(28)26(19-8-2-1-3-9-19)17-23-16-21-10-4-5-11-22(21)18-30(23)29/h1-15,17,23H,16,18H2/t23-,29-/m0/s1. The Bertz CT molecular complexity index is 1410. The highest BCUT2D eigenvalue weighted by molar-refractivity contribution is 6.25. The van der Waals surface area contributed by atoms with E-state index in [1.54, 1.807) is 0 Å². The van der Waals surface area contributed by atoms with Gasteiger partial charge in [0.15, 0.2) is 5.78 Å². The van der Waals surface area contributed by atoms with Gasteiger partial charge >= 0.3 is 0 Å². The van der Waals surface area contributed by atoms with Crippen molar-refractivity contribution in [2.24, 2.45) is 0 Å². The summed E-state index contributed by atoms with van der Waals surface area (Å²) >= 11 is 0. The third kappa shape index (κ3) is 2.08. The molecule has 0 saturated heterocycles. The molecule has 31 heavy (non-hydrogen) atoms. The molecule has 0 amide bonds. The van der Waals surface area contributed by atoms with Gasteiger partial charge in [-0.15, -0.1) is 0 Å². The summed E-state index contributed by atoms with van der Waals surface area (Å²) in [4.78, 5) is 16.8. The fourth-order valence-electron chi connectivity index (χ4n) is 6.16.